The van der Waals surface area contributed by atoms with Crippen LogP contribution in [0.5, 0.6) is 0 Å². The highest BCUT2D eigenvalue weighted by Crippen LogP contribution is 2.27. The maximum Gasteiger partial charge on any atom is 0.251 e. The number of benzene rings is 1. The number of aromatic nitrogens is 3. The van der Waals surface area contributed by atoms with Gasteiger partial charge in [-0.3, -0.25) is 4.79 Å². The SMILES string of the molecule is CC(C)n1c(-c2cccc(C(=O)NCC3CCCO3)c2)nc2cccnc21. The molecule has 1 unspecified atom stereocenters. The van der Waals surface area contributed by atoms with Crippen molar-refractivity contribution in [3.63, 3.8) is 0 Å². The van der Waals surface area contributed by atoms with Gasteiger partial charge in [0.15, 0.2) is 5.65 Å². The first-order valence-corrected chi connectivity index (χ1v) is 9.46. The number of amides is 1. The monoisotopic (exact) mass is 364 g/mol. The van der Waals surface area contributed by atoms with Gasteiger partial charge in [-0.05, 0) is 51.0 Å². The molecule has 1 amide bonds. The van der Waals surface area contributed by atoms with Crippen molar-refractivity contribution in [2.24, 2.45) is 0 Å². The van der Waals surface area contributed by atoms with E-state index in [2.05, 4.69) is 28.7 Å². The number of hydrogen-bond donors (Lipinski definition) is 1. The molecule has 3 heterocycles. The molecule has 0 bridgehead atoms. The van der Waals surface area contributed by atoms with Crippen molar-refractivity contribution in [2.45, 2.75) is 38.8 Å². The molecule has 6 heteroatoms. The van der Waals surface area contributed by atoms with E-state index < -0.39 is 0 Å². The Morgan fingerprint density at radius 3 is 3.00 bits per heavy atom. The Bertz CT molecular complexity index is 958. The molecule has 1 aliphatic rings. The smallest absolute Gasteiger partial charge is 0.251 e. The molecule has 1 aromatic carbocycles. The molecule has 1 atom stereocenters. The molecule has 140 valence electrons. The number of nitrogens with zero attached hydrogens (tertiary/aromatic N) is 3. The summed E-state index contributed by atoms with van der Waals surface area (Å²) >= 11 is 0. The summed E-state index contributed by atoms with van der Waals surface area (Å²) in [6.07, 6.45) is 3.98. The highest BCUT2D eigenvalue weighted by Gasteiger charge is 2.19. The summed E-state index contributed by atoms with van der Waals surface area (Å²) in [6, 6.07) is 11.7. The number of carbonyl (C=O) groups excluding carboxylic acids is 1. The number of fused-ring (bicyclic) bond motifs is 1. The Labute approximate surface area is 158 Å². The number of hydrogen-bond acceptors (Lipinski definition) is 4. The summed E-state index contributed by atoms with van der Waals surface area (Å²) in [7, 11) is 0. The third-order valence-corrected chi connectivity index (χ3v) is 4.86. The van der Waals surface area contributed by atoms with Crippen molar-refractivity contribution < 1.29 is 9.53 Å². The average Bonchev–Trinajstić information content (AvgIpc) is 3.33. The van der Waals surface area contributed by atoms with Crippen molar-refractivity contribution in [3.05, 3.63) is 48.2 Å². The van der Waals surface area contributed by atoms with E-state index >= 15 is 0 Å². The molecule has 1 saturated heterocycles. The van der Waals surface area contributed by atoms with E-state index in [0.717, 1.165) is 42.0 Å². The van der Waals surface area contributed by atoms with Crippen LogP contribution in [0.15, 0.2) is 42.6 Å². The Kier molecular flexibility index (Phi) is 4.90. The van der Waals surface area contributed by atoms with Crippen molar-refractivity contribution in [2.75, 3.05) is 13.2 Å². The lowest BCUT2D eigenvalue weighted by Gasteiger charge is -2.14. The number of ether oxygens (including phenoxy) is 1. The van der Waals surface area contributed by atoms with E-state index in [9.17, 15) is 4.79 Å². The van der Waals surface area contributed by atoms with Crippen LogP contribution < -0.4 is 5.32 Å². The van der Waals surface area contributed by atoms with Gasteiger partial charge >= 0.3 is 0 Å². The Morgan fingerprint density at radius 1 is 1.33 bits per heavy atom. The zero-order valence-electron chi connectivity index (χ0n) is 15.7. The highest BCUT2D eigenvalue weighted by atomic mass is 16.5. The third kappa shape index (κ3) is 3.57. The van der Waals surface area contributed by atoms with E-state index in [0.29, 0.717) is 12.1 Å². The van der Waals surface area contributed by atoms with Crippen molar-refractivity contribution in [1.29, 1.82) is 0 Å². The molecule has 6 nitrogen and oxygen atoms in total. The zero-order valence-corrected chi connectivity index (χ0v) is 15.7. The molecule has 4 rings (SSSR count). The molecule has 1 N–H and O–H groups in total. The predicted octanol–water partition coefficient (Wildman–Crippen LogP) is 3.59. The zero-order chi connectivity index (χ0) is 18.8. The summed E-state index contributed by atoms with van der Waals surface area (Å²) in [5, 5.41) is 2.98. The van der Waals surface area contributed by atoms with Crippen molar-refractivity contribution in [1.82, 2.24) is 19.9 Å². The highest BCUT2D eigenvalue weighted by molar-refractivity contribution is 5.95. The minimum Gasteiger partial charge on any atom is -0.376 e. The first-order chi connectivity index (χ1) is 13.1. The van der Waals surface area contributed by atoms with Crippen LogP contribution in [0, 0.1) is 0 Å². The molecule has 0 aliphatic carbocycles. The summed E-state index contributed by atoms with van der Waals surface area (Å²) in [5.41, 5.74) is 3.25. The van der Waals surface area contributed by atoms with Crippen LogP contribution in [0.25, 0.3) is 22.6 Å². The largest absolute Gasteiger partial charge is 0.376 e. The quantitative estimate of drug-likeness (QED) is 0.751. The lowest BCUT2D eigenvalue weighted by atomic mass is 10.1. The van der Waals surface area contributed by atoms with Crippen molar-refractivity contribution in [3.8, 4) is 11.4 Å². The van der Waals surface area contributed by atoms with Crippen LogP contribution in [0.1, 0.15) is 43.1 Å². The van der Waals surface area contributed by atoms with Crippen LogP contribution in [-0.4, -0.2) is 39.7 Å². The average molecular weight is 364 g/mol. The molecular formula is C21H24N4O2. The summed E-state index contributed by atoms with van der Waals surface area (Å²) in [6.45, 7) is 5.56. The van der Waals surface area contributed by atoms with Crippen LogP contribution in [0.2, 0.25) is 0 Å². The second kappa shape index (κ2) is 7.48. The molecule has 2 aromatic heterocycles. The molecule has 3 aromatic rings. The number of rotatable bonds is 5. The van der Waals surface area contributed by atoms with E-state index in [1.807, 2.05) is 36.4 Å². The van der Waals surface area contributed by atoms with Gasteiger partial charge in [0, 0.05) is 36.5 Å². The second-order valence-electron chi connectivity index (χ2n) is 7.17. The molecule has 0 saturated carbocycles. The molecule has 0 spiro atoms. The number of pyridine rings is 1. The Balaban J connectivity index is 1.63. The number of imidazole rings is 1. The van der Waals surface area contributed by atoms with Gasteiger partial charge in [0.1, 0.15) is 11.3 Å². The Hall–Kier alpha value is -2.73. The second-order valence-corrected chi connectivity index (χ2v) is 7.17. The molecule has 0 radical (unpaired) electrons. The summed E-state index contributed by atoms with van der Waals surface area (Å²) in [5.74, 6) is 0.741. The summed E-state index contributed by atoms with van der Waals surface area (Å²) in [4.78, 5) is 21.8. The van der Waals surface area contributed by atoms with Gasteiger partial charge in [0.05, 0.1) is 6.10 Å². The van der Waals surface area contributed by atoms with Gasteiger partial charge < -0.3 is 14.6 Å². The minimum atomic E-state index is -0.0855. The normalized spacial score (nSPS) is 16.9. The number of carbonyl (C=O) groups is 1. The van der Waals surface area contributed by atoms with E-state index in [4.69, 9.17) is 9.72 Å². The lowest BCUT2D eigenvalue weighted by molar-refractivity contribution is 0.0858. The fourth-order valence-corrected chi connectivity index (χ4v) is 3.54. The van der Waals surface area contributed by atoms with E-state index in [1.165, 1.54) is 0 Å². The molecular weight excluding hydrogens is 340 g/mol. The number of nitrogens with one attached hydrogen (secondary N) is 1. The van der Waals surface area contributed by atoms with Crippen molar-refractivity contribution >= 4 is 17.1 Å². The maximum atomic E-state index is 12.6. The van der Waals surface area contributed by atoms with Crippen LogP contribution in [0.4, 0.5) is 0 Å². The minimum absolute atomic E-state index is 0.0855. The molecule has 1 fully saturated rings. The van der Waals surface area contributed by atoms with Crippen LogP contribution in [0.3, 0.4) is 0 Å². The fourth-order valence-electron chi connectivity index (χ4n) is 3.54. The first-order valence-electron chi connectivity index (χ1n) is 9.46. The first kappa shape index (κ1) is 17.7. The standard InChI is InChI=1S/C21H24N4O2/c1-14(2)25-19(24-18-9-4-10-22-20(18)25)15-6-3-7-16(12-15)21(26)23-13-17-8-5-11-27-17/h3-4,6-7,9-10,12,14,17H,5,8,11,13H2,1-2H3,(H,23,26). The van der Waals surface area contributed by atoms with Gasteiger partial charge in [0.2, 0.25) is 0 Å². The molecule has 1 aliphatic heterocycles. The maximum absolute atomic E-state index is 12.6. The van der Waals surface area contributed by atoms with Gasteiger partial charge in [-0.1, -0.05) is 12.1 Å². The van der Waals surface area contributed by atoms with Gasteiger partial charge in [-0.15, -0.1) is 0 Å². The van der Waals surface area contributed by atoms with Crippen LogP contribution >= 0.6 is 0 Å². The predicted molar refractivity (Wildman–Crippen MR) is 105 cm³/mol. The topological polar surface area (TPSA) is 69.0 Å². The van der Waals surface area contributed by atoms with E-state index in [-0.39, 0.29) is 18.1 Å². The summed E-state index contributed by atoms with van der Waals surface area (Å²) < 4.78 is 7.68. The van der Waals surface area contributed by atoms with Gasteiger partial charge in [-0.2, -0.15) is 0 Å². The molecule has 27 heavy (non-hydrogen) atoms. The third-order valence-electron chi connectivity index (χ3n) is 4.86. The van der Waals surface area contributed by atoms with Gasteiger partial charge in [-0.25, -0.2) is 9.97 Å². The van der Waals surface area contributed by atoms with Crippen LogP contribution in [-0.2, 0) is 4.74 Å². The fraction of sp³-hybridized carbons (Fsp3) is 0.381. The van der Waals surface area contributed by atoms with E-state index in [1.54, 1.807) is 6.20 Å². The lowest BCUT2D eigenvalue weighted by Crippen LogP contribution is -2.31. The Morgan fingerprint density at radius 2 is 2.22 bits per heavy atom. The van der Waals surface area contributed by atoms with Gasteiger partial charge in [0.25, 0.3) is 5.91 Å².